The molecular weight excluding hydrogens is 252 g/mol. The zero-order chi connectivity index (χ0) is 11.7. The van der Waals surface area contributed by atoms with Crippen LogP contribution in [0, 0.1) is 0 Å². The van der Waals surface area contributed by atoms with Crippen molar-refractivity contribution < 1.29 is 0 Å². The lowest BCUT2D eigenvalue weighted by Gasteiger charge is -2.27. The minimum absolute atomic E-state index is 0.246. The Morgan fingerprint density at radius 2 is 2.06 bits per heavy atom. The van der Waals surface area contributed by atoms with Gasteiger partial charge in [-0.15, -0.1) is 11.6 Å². The molecule has 2 unspecified atom stereocenters. The fraction of sp³-hybridized carbons (Fsp3) is 0.462. The van der Waals surface area contributed by atoms with Gasteiger partial charge >= 0.3 is 0 Å². The maximum Gasteiger partial charge on any atom is 0.184 e. The molecule has 17 heavy (non-hydrogen) atoms. The number of benzene rings is 1. The van der Waals surface area contributed by atoms with E-state index in [1.807, 2.05) is 6.07 Å². The van der Waals surface area contributed by atoms with Crippen molar-refractivity contribution in [1.29, 1.82) is 0 Å². The molecule has 0 spiro atoms. The molecule has 1 heterocycles. The molecule has 1 fully saturated rings. The number of hydrogen-bond acceptors (Lipinski definition) is 3. The molecule has 1 aliphatic carbocycles. The molecule has 1 N–H and O–H groups in total. The van der Waals surface area contributed by atoms with Crippen molar-refractivity contribution in [3.05, 3.63) is 24.3 Å². The van der Waals surface area contributed by atoms with Crippen LogP contribution < -0.4 is 5.32 Å². The quantitative estimate of drug-likeness (QED) is 0.822. The van der Waals surface area contributed by atoms with Crippen LogP contribution in [-0.2, 0) is 0 Å². The SMILES string of the molecule is ClC1CCCCC1Nc1nc2ccccc2s1. The van der Waals surface area contributed by atoms with Crippen LogP contribution in [0.1, 0.15) is 25.7 Å². The van der Waals surface area contributed by atoms with Crippen LogP contribution in [0.15, 0.2) is 24.3 Å². The van der Waals surface area contributed by atoms with E-state index in [4.69, 9.17) is 11.6 Å². The zero-order valence-electron chi connectivity index (χ0n) is 9.53. The molecule has 1 saturated carbocycles. The maximum absolute atomic E-state index is 6.35. The van der Waals surface area contributed by atoms with Crippen LogP contribution in [0.25, 0.3) is 10.2 Å². The van der Waals surface area contributed by atoms with E-state index >= 15 is 0 Å². The first kappa shape index (κ1) is 11.3. The molecule has 90 valence electrons. The number of nitrogens with zero attached hydrogens (tertiary/aromatic N) is 1. The number of halogens is 1. The van der Waals surface area contributed by atoms with Gasteiger partial charge in [-0.05, 0) is 25.0 Å². The van der Waals surface area contributed by atoms with Gasteiger partial charge in [-0.2, -0.15) is 0 Å². The largest absolute Gasteiger partial charge is 0.357 e. The highest BCUT2D eigenvalue weighted by Crippen LogP contribution is 2.30. The summed E-state index contributed by atoms with van der Waals surface area (Å²) in [7, 11) is 0. The number of anilines is 1. The summed E-state index contributed by atoms with van der Waals surface area (Å²) in [5.41, 5.74) is 1.07. The minimum Gasteiger partial charge on any atom is -0.357 e. The molecule has 2 atom stereocenters. The molecule has 2 aromatic rings. The van der Waals surface area contributed by atoms with Crippen molar-refractivity contribution in [2.45, 2.75) is 37.1 Å². The number of hydrogen-bond donors (Lipinski definition) is 1. The van der Waals surface area contributed by atoms with Crippen molar-refractivity contribution in [3.63, 3.8) is 0 Å². The van der Waals surface area contributed by atoms with Gasteiger partial charge in [0.15, 0.2) is 5.13 Å². The molecular formula is C13H15ClN2S. The molecule has 0 amide bonds. The average molecular weight is 267 g/mol. The molecule has 1 aliphatic rings. The standard InChI is InChI=1S/C13H15ClN2S/c14-9-5-1-2-6-10(9)15-13-16-11-7-3-4-8-12(11)17-13/h3-4,7-10H,1-2,5-6H2,(H,15,16). The summed E-state index contributed by atoms with van der Waals surface area (Å²) in [5, 5.41) is 4.75. The zero-order valence-corrected chi connectivity index (χ0v) is 11.1. The Morgan fingerprint density at radius 1 is 1.24 bits per heavy atom. The highest BCUT2D eigenvalue weighted by molar-refractivity contribution is 7.22. The molecule has 0 radical (unpaired) electrons. The molecule has 1 aromatic carbocycles. The lowest BCUT2D eigenvalue weighted by Crippen LogP contribution is -2.32. The number of thiazole rings is 1. The Hall–Kier alpha value is -0.800. The van der Waals surface area contributed by atoms with Gasteiger partial charge in [-0.25, -0.2) is 4.98 Å². The van der Waals surface area contributed by atoms with Gasteiger partial charge in [-0.1, -0.05) is 36.3 Å². The van der Waals surface area contributed by atoms with E-state index in [-0.39, 0.29) is 5.38 Å². The molecule has 3 rings (SSSR count). The molecule has 0 bridgehead atoms. The third-order valence-corrected chi connectivity index (χ3v) is 4.77. The number of aromatic nitrogens is 1. The van der Waals surface area contributed by atoms with Crippen molar-refractivity contribution in [2.75, 3.05) is 5.32 Å². The van der Waals surface area contributed by atoms with Gasteiger partial charge in [0, 0.05) is 6.04 Å². The molecule has 4 heteroatoms. The van der Waals surface area contributed by atoms with E-state index < -0.39 is 0 Å². The van der Waals surface area contributed by atoms with E-state index in [1.54, 1.807) is 11.3 Å². The number of alkyl halides is 1. The third kappa shape index (κ3) is 2.40. The third-order valence-electron chi connectivity index (χ3n) is 3.28. The van der Waals surface area contributed by atoms with Gasteiger partial charge in [0.05, 0.1) is 15.6 Å². The van der Waals surface area contributed by atoms with Gasteiger partial charge in [0.2, 0.25) is 0 Å². The number of nitrogens with one attached hydrogen (secondary N) is 1. The molecule has 0 saturated heterocycles. The topological polar surface area (TPSA) is 24.9 Å². The average Bonchev–Trinajstić information content (AvgIpc) is 2.74. The highest BCUT2D eigenvalue weighted by atomic mass is 35.5. The van der Waals surface area contributed by atoms with Crippen LogP contribution in [0.3, 0.4) is 0 Å². The lowest BCUT2D eigenvalue weighted by molar-refractivity contribution is 0.469. The van der Waals surface area contributed by atoms with Gasteiger partial charge in [-0.3, -0.25) is 0 Å². The van der Waals surface area contributed by atoms with Crippen molar-refractivity contribution in [2.24, 2.45) is 0 Å². The predicted molar refractivity (Wildman–Crippen MR) is 75.1 cm³/mol. The van der Waals surface area contributed by atoms with Gasteiger partial charge in [0.1, 0.15) is 0 Å². The first-order valence-corrected chi connectivity index (χ1v) is 7.34. The Morgan fingerprint density at radius 3 is 2.88 bits per heavy atom. The summed E-state index contributed by atoms with van der Waals surface area (Å²) in [6.07, 6.45) is 4.80. The normalized spacial score (nSPS) is 25.0. The summed E-state index contributed by atoms with van der Waals surface area (Å²) in [5.74, 6) is 0. The Bertz CT molecular complexity index is 478. The highest BCUT2D eigenvalue weighted by Gasteiger charge is 2.23. The lowest BCUT2D eigenvalue weighted by atomic mass is 9.95. The first-order valence-electron chi connectivity index (χ1n) is 6.09. The monoisotopic (exact) mass is 266 g/mol. The van der Waals surface area contributed by atoms with Crippen LogP contribution in [0.2, 0.25) is 0 Å². The fourth-order valence-electron chi connectivity index (χ4n) is 2.34. The van der Waals surface area contributed by atoms with E-state index in [0.717, 1.165) is 23.5 Å². The summed E-state index contributed by atoms with van der Waals surface area (Å²) >= 11 is 8.06. The van der Waals surface area contributed by atoms with E-state index in [0.29, 0.717) is 6.04 Å². The Balaban J connectivity index is 1.79. The minimum atomic E-state index is 0.246. The molecule has 1 aromatic heterocycles. The molecule has 0 aliphatic heterocycles. The summed E-state index contributed by atoms with van der Waals surface area (Å²) in [6.45, 7) is 0. The van der Waals surface area contributed by atoms with Crippen LogP contribution in [-0.4, -0.2) is 16.4 Å². The number of fused-ring (bicyclic) bond motifs is 1. The molecule has 2 nitrogen and oxygen atoms in total. The smallest absolute Gasteiger partial charge is 0.184 e. The second-order valence-corrected chi connectivity index (χ2v) is 6.13. The summed E-state index contributed by atoms with van der Waals surface area (Å²) < 4.78 is 1.23. The maximum atomic E-state index is 6.35. The van der Waals surface area contributed by atoms with Crippen molar-refractivity contribution in [1.82, 2.24) is 4.98 Å². The van der Waals surface area contributed by atoms with Crippen molar-refractivity contribution in [3.8, 4) is 0 Å². The second kappa shape index (κ2) is 4.83. The van der Waals surface area contributed by atoms with E-state index in [1.165, 1.54) is 17.5 Å². The van der Waals surface area contributed by atoms with Crippen LogP contribution >= 0.6 is 22.9 Å². The van der Waals surface area contributed by atoms with E-state index in [2.05, 4.69) is 28.5 Å². The fourth-order valence-corrected chi connectivity index (χ4v) is 3.61. The Labute approximate surface area is 110 Å². The summed E-state index contributed by atoms with van der Waals surface area (Å²) in [4.78, 5) is 4.59. The second-order valence-electron chi connectivity index (χ2n) is 4.54. The van der Waals surface area contributed by atoms with Gasteiger partial charge in [0.25, 0.3) is 0 Å². The Kier molecular flexibility index (Phi) is 3.21. The first-order chi connectivity index (χ1) is 8.33. The van der Waals surface area contributed by atoms with Gasteiger partial charge < -0.3 is 5.32 Å². The number of para-hydroxylation sites is 1. The summed E-state index contributed by atoms with van der Waals surface area (Å²) in [6, 6.07) is 8.62. The number of rotatable bonds is 2. The van der Waals surface area contributed by atoms with Crippen LogP contribution in [0.4, 0.5) is 5.13 Å². The van der Waals surface area contributed by atoms with E-state index in [9.17, 15) is 0 Å². The van der Waals surface area contributed by atoms with Crippen molar-refractivity contribution >= 4 is 38.3 Å². The van der Waals surface area contributed by atoms with Crippen LogP contribution in [0.5, 0.6) is 0 Å². The predicted octanol–water partition coefficient (Wildman–Crippen LogP) is 4.26.